The van der Waals surface area contributed by atoms with Gasteiger partial charge in [0.15, 0.2) is 0 Å². The Labute approximate surface area is 56.9 Å². The molecule has 0 bridgehead atoms. The van der Waals surface area contributed by atoms with Crippen molar-refractivity contribution in [2.24, 2.45) is 0 Å². The van der Waals surface area contributed by atoms with Crippen molar-refractivity contribution in [1.29, 1.82) is 0 Å². The van der Waals surface area contributed by atoms with Crippen LogP contribution in [0.4, 0.5) is 0 Å². The molecule has 0 spiro atoms. The molecule has 0 aliphatic rings. The molecule has 0 rings (SSSR count). The summed E-state index contributed by atoms with van der Waals surface area (Å²) in [6.45, 7) is 6.21. The third-order valence-electron chi connectivity index (χ3n) is 1.18. The van der Waals surface area contributed by atoms with E-state index in [1.165, 1.54) is 5.57 Å². The fourth-order valence-electron chi connectivity index (χ4n) is 0.651. The van der Waals surface area contributed by atoms with E-state index in [2.05, 4.69) is 26.3 Å². The van der Waals surface area contributed by atoms with Crippen molar-refractivity contribution in [3.05, 3.63) is 11.3 Å². The molecular formula is C7H15NO. The lowest BCUT2D eigenvalue weighted by Gasteiger charge is -2.06. The molecule has 2 heteroatoms. The Morgan fingerprint density at radius 3 is 2.11 bits per heavy atom. The summed E-state index contributed by atoms with van der Waals surface area (Å²) in [7, 11) is 1.62. The predicted molar refractivity (Wildman–Crippen MR) is 38.8 cm³/mol. The molecular weight excluding hydrogens is 114 g/mol. The minimum absolute atomic E-state index is 0.996. The van der Waals surface area contributed by atoms with Crippen molar-refractivity contribution in [2.75, 3.05) is 7.11 Å². The van der Waals surface area contributed by atoms with E-state index in [9.17, 15) is 0 Å². The van der Waals surface area contributed by atoms with Gasteiger partial charge in [-0.3, -0.25) is 10.3 Å². The largest absolute Gasteiger partial charge is 0.280 e. The molecule has 0 fully saturated rings. The van der Waals surface area contributed by atoms with E-state index >= 15 is 0 Å². The molecule has 0 aromatic rings. The van der Waals surface area contributed by atoms with Crippen molar-refractivity contribution in [3.63, 3.8) is 0 Å². The molecule has 9 heavy (non-hydrogen) atoms. The highest BCUT2D eigenvalue weighted by atomic mass is 16.6. The lowest BCUT2D eigenvalue weighted by atomic mass is 10.2. The van der Waals surface area contributed by atoms with Gasteiger partial charge >= 0.3 is 0 Å². The summed E-state index contributed by atoms with van der Waals surface area (Å²) in [6.07, 6.45) is 0.996. The van der Waals surface area contributed by atoms with Crippen molar-refractivity contribution in [3.8, 4) is 0 Å². The normalized spacial score (nSPS) is 8.89. The van der Waals surface area contributed by atoms with Crippen molar-refractivity contribution in [2.45, 2.75) is 27.2 Å². The van der Waals surface area contributed by atoms with Gasteiger partial charge in [0.2, 0.25) is 0 Å². The summed E-state index contributed by atoms with van der Waals surface area (Å²) >= 11 is 0. The van der Waals surface area contributed by atoms with E-state index in [-0.39, 0.29) is 0 Å². The van der Waals surface area contributed by atoms with Gasteiger partial charge in [0, 0.05) is 5.70 Å². The second-order valence-corrected chi connectivity index (χ2v) is 2.14. The average molecular weight is 129 g/mol. The van der Waals surface area contributed by atoms with Gasteiger partial charge in [0.05, 0.1) is 7.11 Å². The van der Waals surface area contributed by atoms with Gasteiger partial charge in [0.25, 0.3) is 0 Å². The molecule has 0 aliphatic carbocycles. The SMILES string of the molecule is CCC(NOC)=C(C)C. The average Bonchev–Trinajstić information content (AvgIpc) is 1.82. The standard InChI is InChI=1S/C7H15NO/c1-5-7(6(2)3)8-9-4/h8H,5H2,1-4H3. The number of hydroxylamine groups is 1. The van der Waals surface area contributed by atoms with Crippen LogP contribution in [0.2, 0.25) is 0 Å². The lowest BCUT2D eigenvalue weighted by molar-refractivity contribution is 0.114. The van der Waals surface area contributed by atoms with Crippen LogP contribution in [0.5, 0.6) is 0 Å². The van der Waals surface area contributed by atoms with E-state index in [4.69, 9.17) is 4.84 Å². The minimum Gasteiger partial charge on any atom is -0.280 e. The number of allylic oxidation sites excluding steroid dienone is 2. The predicted octanol–water partition coefficient (Wildman–Crippen LogP) is 1.84. The Kier molecular flexibility index (Phi) is 4.14. The van der Waals surface area contributed by atoms with Gasteiger partial charge in [-0.1, -0.05) is 12.5 Å². The monoisotopic (exact) mass is 129 g/mol. The molecule has 54 valence electrons. The highest BCUT2D eigenvalue weighted by Gasteiger charge is 1.91. The van der Waals surface area contributed by atoms with Gasteiger partial charge < -0.3 is 0 Å². The zero-order valence-electron chi connectivity index (χ0n) is 6.62. The number of hydrogen-bond acceptors (Lipinski definition) is 2. The van der Waals surface area contributed by atoms with E-state index in [0.717, 1.165) is 12.1 Å². The van der Waals surface area contributed by atoms with Gasteiger partial charge in [-0.15, -0.1) is 0 Å². The number of rotatable bonds is 3. The maximum Gasteiger partial charge on any atom is 0.0636 e. The van der Waals surface area contributed by atoms with E-state index in [1.807, 2.05) is 0 Å². The second-order valence-electron chi connectivity index (χ2n) is 2.14. The quantitative estimate of drug-likeness (QED) is 0.587. The number of hydrogen-bond donors (Lipinski definition) is 1. The van der Waals surface area contributed by atoms with Crippen LogP contribution in [0.15, 0.2) is 11.3 Å². The third-order valence-corrected chi connectivity index (χ3v) is 1.18. The molecule has 0 atom stereocenters. The summed E-state index contributed by atoms with van der Waals surface area (Å²) in [5, 5.41) is 0. The molecule has 1 N–H and O–H groups in total. The first kappa shape index (κ1) is 8.50. The van der Waals surface area contributed by atoms with Crippen LogP contribution >= 0.6 is 0 Å². The molecule has 0 amide bonds. The first-order valence-electron chi connectivity index (χ1n) is 3.17. The van der Waals surface area contributed by atoms with Gasteiger partial charge in [-0.25, -0.2) is 0 Å². The topological polar surface area (TPSA) is 21.3 Å². The van der Waals surface area contributed by atoms with E-state index in [1.54, 1.807) is 7.11 Å². The zero-order valence-corrected chi connectivity index (χ0v) is 6.62. The Morgan fingerprint density at radius 1 is 1.44 bits per heavy atom. The van der Waals surface area contributed by atoms with Crippen molar-refractivity contribution < 1.29 is 4.84 Å². The molecule has 0 heterocycles. The van der Waals surface area contributed by atoms with Crippen molar-refractivity contribution in [1.82, 2.24) is 5.48 Å². The van der Waals surface area contributed by atoms with Gasteiger partial charge in [-0.05, 0) is 20.3 Å². The molecule has 2 nitrogen and oxygen atoms in total. The van der Waals surface area contributed by atoms with Crippen LogP contribution in [0.3, 0.4) is 0 Å². The van der Waals surface area contributed by atoms with Crippen LogP contribution in [-0.2, 0) is 4.84 Å². The number of nitrogens with one attached hydrogen (secondary N) is 1. The Morgan fingerprint density at radius 2 is 2.00 bits per heavy atom. The maximum absolute atomic E-state index is 4.75. The second kappa shape index (κ2) is 4.39. The van der Waals surface area contributed by atoms with Crippen LogP contribution in [-0.4, -0.2) is 7.11 Å². The Bertz CT molecular complexity index is 103. The summed E-state index contributed by atoms with van der Waals surface area (Å²) in [6, 6.07) is 0. The fraction of sp³-hybridized carbons (Fsp3) is 0.714. The Hall–Kier alpha value is -0.500. The smallest absolute Gasteiger partial charge is 0.0636 e. The molecule has 0 unspecified atom stereocenters. The summed E-state index contributed by atoms with van der Waals surface area (Å²) in [5.41, 5.74) is 5.25. The fourth-order valence-corrected chi connectivity index (χ4v) is 0.651. The summed E-state index contributed by atoms with van der Waals surface area (Å²) in [4.78, 5) is 4.75. The molecule has 0 saturated heterocycles. The molecule has 0 radical (unpaired) electrons. The van der Waals surface area contributed by atoms with Crippen molar-refractivity contribution >= 4 is 0 Å². The molecule has 0 saturated carbocycles. The molecule has 0 aromatic carbocycles. The third kappa shape index (κ3) is 3.14. The van der Waals surface area contributed by atoms with Gasteiger partial charge in [0.1, 0.15) is 0 Å². The lowest BCUT2D eigenvalue weighted by Crippen LogP contribution is -2.11. The summed E-state index contributed by atoms with van der Waals surface area (Å²) in [5.74, 6) is 0. The van der Waals surface area contributed by atoms with Crippen LogP contribution in [0.1, 0.15) is 27.2 Å². The van der Waals surface area contributed by atoms with E-state index < -0.39 is 0 Å². The molecule has 0 aliphatic heterocycles. The van der Waals surface area contributed by atoms with Crippen LogP contribution in [0, 0.1) is 0 Å². The van der Waals surface area contributed by atoms with Crippen LogP contribution in [0.25, 0.3) is 0 Å². The van der Waals surface area contributed by atoms with E-state index in [0.29, 0.717) is 0 Å². The zero-order chi connectivity index (χ0) is 7.28. The first-order valence-corrected chi connectivity index (χ1v) is 3.17. The molecule has 0 aromatic heterocycles. The maximum atomic E-state index is 4.75. The Balaban J connectivity index is 3.83. The van der Waals surface area contributed by atoms with Gasteiger partial charge in [-0.2, -0.15) is 0 Å². The van der Waals surface area contributed by atoms with Crippen LogP contribution < -0.4 is 5.48 Å². The highest BCUT2D eigenvalue weighted by molar-refractivity contribution is 5.04. The first-order chi connectivity index (χ1) is 4.22. The highest BCUT2D eigenvalue weighted by Crippen LogP contribution is 2.02. The summed E-state index contributed by atoms with van der Waals surface area (Å²) < 4.78 is 0. The minimum atomic E-state index is 0.996.